The number of hydrogen-bond donors (Lipinski definition) is 1. The van der Waals surface area contributed by atoms with Crippen LogP contribution < -0.4 is 0 Å². The topological polar surface area (TPSA) is 23.5 Å². The van der Waals surface area contributed by atoms with Crippen molar-refractivity contribution in [3.05, 3.63) is 34.9 Å². The minimum absolute atomic E-state index is 0.475. The maximum Gasteiger partial charge on any atom is 0.0644 e. The highest BCUT2D eigenvalue weighted by Gasteiger charge is 2.27. The standard InChI is InChI=1S/C13H18ClNO/c1-13(16)6-8-15(9-7-13)10-11-4-2-3-5-12(11)14/h2-5,16H,6-10H2,1H3. The van der Waals surface area contributed by atoms with Gasteiger partial charge in [-0.15, -0.1) is 0 Å². The first-order valence-electron chi connectivity index (χ1n) is 5.75. The SMILES string of the molecule is CC1(O)CCN(Cc2ccccc2Cl)CC1. The third-order valence-electron chi connectivity index (χ3n) is 3.29. The highest BCUT2D eigenvalue weighted by molar-refractivity contribution is 6.31. The summed E-state index contributed by atoms with van der Waals surface area (Å²) in [5, 5.41) is 10.7. The number of halogens is 1. The molecule has 1 aromatic rings. The lowest BCUT2D eigenvalue weighted by atomic mass is 9.93. The maximum atomic E-state index is 9.86. The summed E-state index contributed by atoms with van der Waals surface area (Å²) >= 11 is 6.12. The molecule has 0 aliphatic carbocycles. The Balaban J connectivity index is 1.95. The van der Waals surface area contributed by atoms with E-state index in [-0.39, 0.29) is 0 Å². The van der Waals surface area contributed by atoms with Crippen LogP contribution in [-0.2, 0) is 6.54 Å². The van der Waals surface area contributed by atoms with Crippen molar-refractivity contribution in [2.45, 2.75) is 31.9 Å². The smallest absolute Gasteiger partial charge is 0.0644 e. The number of piperidine rings is 1. The predicted octanol–water partition coefficient (Wildman–Crippen LogP) is 2.69. The third-order valence-corrected chi connectivity index (χ3v) is 3.65. The predicted molar refractivity (Wildman–Crippen MR) is 66.6 cm³/mol. The van der Waals surface area contributed by atoms with Gasteiger partial charge in [0.1, 0.15) is 0 Å². The summed E-state index contributed by atoms with van der Waals surface area (Å²) < 4.78 is 0. The lowest BCUT2D eigenvalue weighted by Gasteiger charge is -2.35. The van der Waals surface area contributed by atoms with E-state index in [1.54, 1.807) is 0 Å². The third kappa shape index (κ3) is 2.97. The first-order chi connectivity index (χ1) is 7.57. The van der Waals surface area contributed by atoms with Crippen LogP contribution in [-0.4, -0.2) is 28.7 Å². The van der Waals surface area contributed by atoms with E-state index in [1.807, 2.05) is 25.1 Å². The number of rotatable bonds is 2. The van der Waals surface area contributed by atoms with Gasteiger partial charge in [-0.2, -0.15) is 0 Å². The molecule has 88 valence electrons. The second-order valence-electron chi connectivity index (χ2n) is 4.86. The van der Waals surface area contributed by atoms with Crippen molar-refractivity contribution in [1.82, 2.24) is 4.90 Å². The van der Waals surface area contributed by atoms with Gasteiger partial charge in [-0.1, -0.05) is 29.8 Å². The number of likely N-dealkylation sites (tertiary alicyclic amines) is 1. The molecule has 1 aliphatic rings. The zero-order chi connectivity index (χ0) is 11.6. The van der Waals surface area contributed by atoms with Gasteiger partial charge in [0.15, 0.2) is 0 Å². The van der Waals surface area contributed by atoms with Gasteiger partial charge < -0.3 is 5.11 Å². The van der Waals surface area contributed by atoms with E-state index < -0.39 is 5.60 Å². The highest BCUT2D eigenvalue weighted by atomic mass is 35.5. The van der Waals surface area contributed by atoms with Gasteiger partial charge in [0.05, 0.1) is 5.60 Å². The van der Waals surface area contributed by atoms with Crippen molar-refractivity contribution in [2.24, 2.45) is 0 Å². The molecule has 3 heteroatoms. The van der Waals surface area contributed by atoms with Crippen LogP contribution in [0.15, 0.2) is 24.3 Å². The molecule has 0 saturated carbocycles. The van der Waals surface area contributed by atoms with E-state index in [2.05, 4.69) is 11.0 Å². The van der Waals surface area contributed by atoms with Gasteiger partial charge in [-0.3, -0.25) is 4.90 Å². The van der Waals surface area contributed by atoms with Crippen LogP contribution in [0.1, 0.15) is 25.3 Å². The van der Waals surface area contributed by atoms with Crippen molar-refractivity contribution in [1.29, 1.82) is 0 Å². The van der Waals surface area contributed by atoms with Crippen molar-refractivity contribution in [2.75, 3.05) is 13.1 Å². The molecule has 0 amide bonds. The minimum atomic E-state index is -0.475. The monoisotopic (exact) mass is 239 g/mol. The molecule has 1 aliphatic heterocycles. The van der Waals surface area contributed by atoms with Gasteiger partial charge in [-0.05, 0) is 31.4 Å². The summed E-state index contributed by atoms with van der Waals surface area (Å²) in [5.74, 6) is 0. The molecule has 0 bridgehead atoms. The molecule has 1 N–H and O–H groups in total. The molecule has 1 heterocycles. The molecule has 0 aromatic heterocycles. The summed E-state index contributed by atoms with van der Waals surface area (Å²) in [5.41, 5.74) is 0.697. The summed E-state index contributed by atoms with van der Waals surface area (Å²) in [6.45, 7) is 4.69. The van der Waals surface area contributed by atoms with Crippen LogP contribution in [0.4, 0.5) is 0 Å². The zero-order valence-electron chi connectivity index (χ0n) is 9.62. The molecule has 2 rings (SSSR count). The Bertz CT molecular complexity index is 355. The summed E-state index contributed by atoms with van der Waals surface area (Å²) in [6, 6.07) is 7.96. The number of hydrogen-bond acceptors (Lipinski definition) is 2. The Morgan fingerprint density at radius 3 is 2.56 bits per heavy atom. The fraction of sp³-hybridized carbons (Fsp3) is 0.538. The van der Waals surface area contributed by atoms with Crippen LogP contribution >= 0.6 is 11.6 Å². The average molecular weight is 240 g/mol. The van der Waals surface area contributed by atoms with Crippen molar-refractivity contribution in [3.63, 3.8) is 0 Å². The van der Waals surface area contributed by atoms with Crippen LogP contribution in [0.2, 0.25) is 5.02 Å². The van der Waals surface area contributed by atoms with Gasteiger partial charge in [0.2, 0.25) is 0 Å². The Kier molecular flexibility index (Phi) is 3.53. The quantitative estimate of drug-likeness (QED) is 0.858. The molecular formula is C13H18ClNO. The van der Waals surface area contributed by atoms with E-state index in [1.165, 1.54) is 5.56 Å². The van der Waals surface area contributed by atoms with E-state index in [4.69, 9.17) is 11.6 Å². The Morgan fingerprint density at radius 1 is 1.31 bits per heavy atom. The number of aliphatic hydroxyl groups is 1. The van der Waals surface area contributed by atoms with Crippen LogP contribution in [0.25, 0.3) is 0 Å². The molecule has 0 radical (unpaired) electrons. The Labute approximate surface area is 102 Å². The first-order valence-corrected chi connectivity index (χ1v) is 6.13. The van der Waals surface area contributed by atoms with Gasteiger partial charge in [0.25, 0.3) is 0 Å². The second-order valence-corrected chi connectivity index (χ2v) is 5.27. The normalized spacial score (nSPS) is 20.9. The summed E-state index contributed by atoms with van der Waals surface area (Å²) in [4.78, 5) is 2.35. The summed E-state index contributed by atoms with van der Waals surface area (Å²) in [6.07, 6.45) is 1.69. The highest BCUT2D eigenvalue weighted by Crippen LogP contribution is 2.24. The van der Waals surface area contributed by atoms with E-state index >= 15 is 0 Å². The molecule has 0 spiro atoms. The largest absolute Gasteiger partial charge is 0.390 e. The first kappa shape index (κ1) is 11.9. The Hall–Kier alpha value is -0.570. The number of nitrogens with zero attached hydrogens (tertiary/aromatic N) is 1. The average Bonchev–Trinajstić information content (AvgIpc) is 2.24. The summed E-state index contributed by atoms with van der Waals surface area (Å²) in [7, 11) is 0. The molecule has 2 nitrogen and oxygen atoms in total. The van der Waals surface area contributed by atoms with Gasteiger partial charge >= 0.3 is 0 Å². The Morgan fingerprint density at radius 2 is 1.94 bits per heavy atom. The lowest BCUT2D eigenvalue weighted by molar-refractivity contribution is -0.00729. The van der Waals surface area contributed by atoms with E-state index in [9.17, 15) is 5.11 Å². The number of benzene rings is 1. The maximum absolute atomic E-state index is 9.86. The van der Waals surface area contributed by atoms with Gasteiger partial charge in [-0.25, -0.2) is 0 Å². The zero-order valence-corrected chi connectivity index (χ0v) is 10.4. The molecule has 16 heavy (non-hydrogen) atoms. The molecular weight excluding hydrogens is 222 g/mol. The van der Waals surface area contributed by atoms with Crippen LogP contribution in [0.3, 0.4) is 0 Å². The van der Waals surface area contributed by atoms with Crippen molar-refractivity contribution in [3.8, 4) is 0 Å². The van der Waals surface area contributed by atoms with Crippen molar-refractivity contribution < 1.29 is 5.11 Å². The molecule has 1 fully saturated rings. The fourth-order valence-electron chi connectivity index (χ4n) is 2.06. The van der Waals surface area contributed by atoms with Gasteiger partial charge in [0, 0.05) is 24.7 Å². The van der Waals surface area contributed by atoms with Crippen molar-refractivity contribution >= 4 is 11.6 Å². The molecule has 0 unspecified atom stereocenters. The molecule has 1 aromatic carbocycles. The second kappa shape index (κ2) is 4.74. The lowest BCUT2D eigenvalue weighted by Crippen LogP contribution is -2.41. The minimum Gasteiger partial charge on any atom is -0.390 e. The molecule has 1 saturated heterocycles. The van der Waals surface area contributed by atoms with E-state index in [0.717, 1.165) is 37.5 Å². The van der Waals surface area contributed by atoms with E-state index in [0.29, 0.717) is 0 Å². The fourth-order valence-corrected chi connectivity index (χ4v) is 2.26. The van der Waals surface area contributed by atoms with Crippen LogP contribution in [0.5, 0.6) is 0 Å². The van der Waals surface area contributed by atoms with Crippen LogP contribution in [0, 0.1) is 0 Å². The molecule has 0 atom stereocenters.